The maximum Gasteiger partial charge on any atom is 0.0687 e. The molecule has 0 spiro atoms. The van der Waals surface area contributed by atoms with Gasteiger partial charge in [-0.2, -0.15) is 0 Å². The summed E-state index contributed by atoms with van der Waals surface area (Å²) in [4.78, 5) is 0. The zero-order valence-electron chi connectivity index (χ0n) is 9.34. The molecule has 2 heteroatoms. The van der Waals surface area contributed by atoms with Crippen molar-refractivity contribution in [3.63, 3.8) is 0 Å². The summed E-state index contributed by atoms with van der Waals surface area (Å²) < 4.78 is 0. The van der Waals surface area contributed by atoms with Gasteiger partial charge in [-0.25, -0.2) is 0 Å². The summed E-state index contributed by atoms with van der Waals surface area (Å²) in [6.45, 7) is 6.94. The van der Waals surface area contributed by atoms with Crippen LogP contribution in [-0.4, -0.2) is 17.3 Å². The maximum atomic E-state index is 10.4. The van der Waals surface area contributed by atoms with E-state index in [-0.39, 0.29) is 5.92 Å². The van der Waals surface area contributed by atoms with E-state index in [0.717, 1.165) is 32.1 Å². The molecule has 80 valence electrons. The number of aliphatic hydroxyl groups is 1. The fraction of sp³-hybridized carbons (Fsp3) is 1.00. The molecule has 0 radical (unpaired) electrons. The molecule has 0 aromatic carbocycles. The summed E-state index contributed by atoms with van der Waals surface area (Å²) in [5.74, 6) is 0.271. The number of hydrogen-bond donors (Lipinski definition) is 2. The van der Waals surface area contributed by atoms with Crippen molar-refractivity contribution in [1.82, 2.24) is 0 Å². The van der Waals surface area contributed by atoms with Gasteiger partial charge in [-0.15, -0.1) is 0 Å². The van der Waals surface area contributed by atoms with Crippen molar-refractivity contribution in [3.05, 3.63) is 0 Å². The van der Waals surface area contributed by atoms with Gasteiger partial charge in [0, 0.05) is 0 Å². The van der Waals surface area contributed by atoms with Crippen molar-refractivity contribution < 1.29 is 5.11 Å². The first-order chi connectivity index (χ1) is 6.14. The smallest absolute Gasteiger partial charge is 0.0687 e. The van der Waals surface area contributed by atoms with E-state index in [1.54, 1.807) is 0 Å². The summed E-state index contributed by atoms with van der Waals surface area (Å²) in [6.07, 6.45) is 4.82. The minimum absolute atomic E-state index is 0.271. The summed E-state index contributed by atoms with van der Waals surface area (Å²) in [5.41, 5.74) is 5.16. The predicted molar refractivity (Wildman–Crippen MR) is 57.6 cm³/mol. The lowest BCUT2D eigenvalue weighted by molar-refractivity contribution is -0.0331. The Bertz CT molecular complexity index is 115. The lowest BCUT2D eigenvalue weighted by Gasteiger charge is -2.35. The molecule has 0 rings (SSSR count). The van der Waals surface area contributed by atoms with Crippen molar-refractivity contribution in [2.45, 2.75) is 58.5 Å². The van der Waals surface area contributed by atoms with Gasteiger partial charge >= 0.3 is 0 Å². The molecule has 0 amide bonds. The van der Waals surface area contributed by atoms with Gasteiger partial charge in [0.05, 0.1) is 5.60 Å². The second kappa shape index (κ2) is 6.39. The maximum absolute atomic E-state index is 10.4. The topological polar surface area (TPSA) is 46.2 Å². The predicted octanol–water partition coefficient (Wildman–Crippen LogP) is 2.30. The molecule has 0 bridgehead atoms. The molecule has 13 heavy (non-hydrogen) atoms. The van der Waals surface area contributed by atoms with Crippen LogP contribution in [0.25, 0.3) is 0 Å². The Morgan fingerprint density at radius 1 is 1.15 bits per heavy atom. The summed E-state index contributed by atoms with van der Waals surface area (Å²) in [5, 5.41) is 10.4. The highest BCUT2D eigenvalue weighted by molar-refractivity contribution is 4.85. The van der Waals surface area contributed by atoms with E-state index in [1.165, 1.54) is 0 Å². The minimum Gasteiger partial charge on any atom is -0.390 e. The Morgan fingerprint density at radius 2 is 1.62 bits per heavy atom. The van der Waals surface area contributed by atoms with Crippen LogP contribution < -0.4 is 5.73 Å². The second-order valence-corrected chi connectivity index (χ2v) is 3.94. The molecular formula is C11H25NO. The van der Waals surface area contributed by atoms with E-state index in [2.05, 4.69) is 20.8 Å². The number of hydrogen-bond acceptors (Lipinski definition) is 2. The van der Waals surface area contributed by atoms with Gasteiger partial charge in [0.15, 0.2) is 0 Å². The van der Waals surface area contributed by atoms with Crippen molar-refractivity contribution in [1.29, 1.82) is 0 Å². The molecule has 3 N–H and O–H groups in total. The van der Waals surface area contributed by atoms with E-state index in [1.807, 2.05) is 0 Å². The molecule has 0 aliphatic rings. The molecule has 0 aliphatic heterocycles. The lowest BCUT2D eigenvalue weighted by Crippen LogP contribution is -2.41. The second-order valence-electron chi connectivity index (χ2n) is 3.94. The van der Waals surface area contributed by atoms with Gasteiger partial charge in [0.25, 0.3) is 0 Å². The van der Waals surface area contributed by atoms with Crippen LogP contribution in [-0.2, 0) is 0 Å². The van der Waals surface area contributed by atoms with Crippen LogP contribution in [0.1, 0.15) is 52.9 Å². The highest BCUT2D eigenvalue weighted by Gasteiger charge is 2.32. The van der Waals surface area contributed by atoms with E-state index in [9.17, 15) is 5.11 Å². The summed E-state index contributed by atoms with van der Waals surface area (Å²) in [6, 6.07) is 0. The Hall–Kier alpha value is -0.0800. The molecule has 0 heterocycles. The SMILES string of the molecule is CCCC(O)(CCC)C(CC)CN. The quantitative estimate of drug-likeness (QED) is 0.642. The van der Waals surface area contributed by atoms with Gasteiger partial charge in [0.2, 0.25) is 0 Å². The molecule has 2 nitrogen and oxygen atoms in total. The van der Waals surface area contributed by atoms with Gasteiger partial charge in [-0.1, -0.05) is 33.6 Å². The molecule has 0 aromatic heterocycles. The molecule has 0 aromatic rings. The molecule has 0 aliphatic carbocycles. The number of rotatable bonds is 7. The molecule has 0 saturated carbocycles. The minimum atomic E-state index is -0.507. The van der Waals surface area contributed by atoms with E-state index >= 15 is 0 Å². The van der Waals surface area contributed by atoms with Gasteiger partial charge in [-0.05, 0) is 31.7 Å². The summed E-state index contributed by atoms with van der Waals surface area (Å²) >= 11 is 0. The van der Waals surface area contributed by atoms with Crippen LogP contribution >= 0.6 is 0 Å². The van der Waals surface area contributed by atoms with Crippen LogP contribution in [0.5, 0.6) is 0 Å². The first kappa shape index (κ1) is 12.9. The van der Waals surface area contributed by atoms with Gasteiger partial charge < -0.3 is 10.8 Å². The lowest BCUT2D eigenvalue weighted by atomic mass is 9.79. The zero-order chi connectivity index (χ0) is 10.3. The molecule has 1 unspecified atom stereocenters. The third kappa shape index (κ3) is 3.65. The van der Waals surface area contributed by atoms with Crippen LogP contribution in [0, 0.1) is 5.92 Å². The van der Waals surface area contributed by atoms with Gasteiger partial charge in [-0.3, -0.25) is 0 Å². The Balaban J connectivity index is 4.33. The van der Waals surface area contributed by atoms with E-state index in [4.69, 9.17) is 5.73 Å². The van der Waals surface area contributed by atoms with Crippen molar-refractivity contribution in [2.75, 3.05) is 6.54 Å². The highest BCUT2D eigenvalue weighted by Crippen LogP contribution is 2.29. The largest absolute Gasteiger partial charge is 0.390 e. The third-order valence-electron chi connectivity index (χ3n) is 2.90. The standard InChI is InChI=1S/C11H25NO/c1-4-7-11(13,8-5-2)10(6-3)9-12/h10,13H,4-9,12H2,1-3H3. The molecule has 0 saturated heterocycles. The normalized spacial score (nSPS) is 14.5. The van der Waals surface area contributed by atoms with Crippen LogP contribution in [0.3, 0.4) is 0 Å². The van der Waals surface area contributed by atoms with Crippen molar-refractivity contribution in [3.8, 4) is 0 Å². The van der Waals surface area contributed by atoms with E-state index in [0.29, 0.717) is 6.54 Å². The fourth-order valence-corrected chi connectivity index (χ4v) is 2.17. The molecular weight excluding hydrogens is 162 g/mol. The summed E-state index contributed by atoms with van der Waals surface area (Å²) in [7, 11) is 0. The van der Waals surface area contributed by atoms with Crippen LogP contribution in [0.4, 0.5) is 0 Å². The average molecular weight is 187 g/mol. The van der Waals surface area contributed by atoms with Crippen LogP contribution in [0.2, 0.25) is 0 Å². The first-order valence-corrected chi connectivity index (χ1v) is 5.57. The molecule has 1 atom stereocenters. The Kier molecular flexibility index (Phi) is 6.35. The Labute approximate surface area is 82.5 Å². The average Bonchev–Trinajstić information content (AvgIpc) is 2.07. The fourth-order valence-electron chi connectivity index (χ4n) is 2.17. The zero-order valence-corrected chi connectivity index (χ0v) is 9.34. The van der Waals surface area contributed by atoms with Crippen LogP contribution in [0.15, 0.2) is 0 Å². The monoisotopic (exact) mass is 187 g/mol. The number of nitrogens with two attached hydrogens (primary N) is 1. The van der Waals surface area contributed by atoms with Gasteiger partial charge in [0.1, 0.15) is 0 Å². The first-order valence-electron chi connectivity index (χ1n) is 5.57. The highest BCUT2D eigenvalue weighted by atomic mass is 16.3. The van der Waals surface area contributed by atoms with E-state index < -0.39 is 5.60 Å². The van der Waals surface area contributed by atoms with Crippen molar-refractivity contribution >= 4 is 0 Å². The third-order valence-corrected chi connectivity index (χ3v) is 2.90. The van der Waals surface area contributed by atoms with Crippen molar-refractivity contribution in [2.24, 2.45) is 11.7 Å². The molecule has 0 fully saturated rings. The Morgan fingerprint density at radius 3 is 1.85 bits per heavy atom.